The molecule has 4 N–H and O–H groups in total. The summed E-state index contributed by atoms with van der Waals surface area (Å²) in [5, 5.41) is 16.8. The maximum atomic E-state index is 13.2. The predicted octanol–water partition coefficient (Wildman–Crippen LogP) is 4.15. The maximum Gasteiger partial charge on any atom is 0.410 e. The number of hydrogen-bond acceptors (Lipinski definition) is 6. The molecule has 43 heavy (non-hydrogen) atoms. The number of rotatable bonds is 7. The smallest absolute Gasteiger partial charge is 0.410 e. The van der Waals surface area contributed by atoms with Crippen LogP contribution in [0.4, 0.5) is 4.79 Å². The molecule has 2 aliphatic rings. The summed E-state index contributed by atoms with van der Waals surface area (Å²) in [6.07, 6.45) is 8.82. The van der Waals surface area contributed by atoms with Gasteiger partial charge in [0.05, 0.1) is 11.3 Å². The number of nitrogens with two attached hydrogens (primary N) is 1. The number of hydrogen-bond donors (Lipinski definition) is 3. The van der Waals surface area contributed by atoms with Crippen molar-refractivity contribution in [1.82, 2.24) is 20.0 Å². The molecule has 2 aromatic carbocycles. The van der Waals surface area contributed by atoms with Gasteiger partial charge in [-0.2, -0.15) is 5.10 Å². The van der Waals surface area contributed by atoms with Crippen LogP contribution in [-0.2, 0) is 14.3 Å². The van der Waals surface area contributed by atoms with Crippen LogP contribution >= 0.6 is 0 Å². The Kier molecular flexibility index (Phi) is 8.79. The quantitative estimate of drug-likeness (QED) is 0.351. The van der Waals surface area contributed by atoms with Gasteiger partial charge in [0.2, 0.25) is 5.91 Å². The van der Waals surface area contributed by atoms with Crippen molar-refractivity contribution in [1.29, 1.82) is 0 Å². The topological polar surface area (TPSA) is 157 Å². The third-order valence-electron chi connectivity index (χ3n) is 8.51. The van der Waals surface area contributed by atoms with E-state index < -0.39 is 29.9 Å². The number of carboxylic acid groups (broad SMARTS) is 1. The van der Waals surface area contributed by atoms with Crippen molar-refractivity contribution in [2.75, 3.05) is 19.6 Å². The first-order valence-corrected chi connectivity index (χ1v) is 14.6. The summed E-state index contributed by atoms with van der Waals surface area (Å²) in [5.41, 5.74) is 7.68. The Balaban J connectivity index is 1.20. The molecular formula is C32H37N5O6. The standard InChI is InChI=1S/C32H37N5O6/c1-32(30(41)34-18-27(38)39)15-3-2-8-25(14-16-32)43-31(42)36-17-5-7-22(19-36)21-10-12-24(13-11-21)37-20-23-6-4-9-26(29(33)40)28(23)35-37/h2,4,6,8-13,20,22,25H,3,5,7,14-19H2,1H3,(H2,33,40)(H,34,41)(H,38,39)/b8-2+/t22-,25+,32-/m1/s1. The van der Waals surface area contributed by atoms with Gasteiger partial charge < -0.3 is 25.8 Å². The molecule has 0 spiro atoms. The van der Waals surface area contributed by atoms with Gasteiger partial charge in [0.15, 0.2) is 0 Å². The number of carbonyl (C=O) groups excluding carboxylic acids is 3. The zero-order valence-electron chi connectivity index (χ0n) is 24.2. The van der Waals surface area contributed by atoms with E-state index in [2.05, 4.69) is 10.4 Å². The van der Waals surface area contributed by atoms with Gasteiger partial charge in [-0.3, -0.25) is 14.4 Å². The lowest BCUT2D eigenvalue weighted by Gasteiger charge is -2.34. The summed E-state index contributed by atoms with van der Waals surface area (Å²) in [6, 6.07) is 13.4. The second kappa shape index (κ2) is 12.7. The van der Waals surface area contributed by atoms with E-state index >= 15 is 0 Å². The predicted molar refractivity (Wildman–Crippen MR) is 160 cm³/mol. The largest absolute Gasteiger partial charge is 0.480 e. The average Bonchev–Trinajstić information content (AvgIpc) is 3.44. The SMILES string of the molecule is C[C@@]1(C(=O)NCC(=O)O)CC/C=C/[C@H](OC(=O)N2CCC[C@@H](c3ccc(-n4cc5cccc(C(N)=O)c5n4)cc3)C2)CC1. The molecule has 0 radical (unpaired) electrons. The Morgan fingerprint density at radius 1 is 1.12 bits per heavy atom. The zero-order chi connectivity index (χ0) is 30.6. The molecule has 0 bridgehead atoms. The van der Waals surface area contributed by atoms with Gasteiger partial charge in [-0.1, -0.05) is 37.3 Å². The number of allylic oxidation sites excluding steroid dienone is 1. The van der Waals surface area contributed by atoms with Gasteiger partial charge in [-0.05, 0) is 68.4 Å². The van der Waals surface area contributed by atoms with Gasteiger partial charge in [0, 0.05) is 36.0 Å². The van der Waals surface area contributed by atoms with Crippen molar-refractivity contribution in [3.05, 3.63) is 71.9 Å². The number of aliphatic carboxylic acids is 1. The molecule has 226 valence electrons. The first-order valence-electron chi connectivity index (χ1n) is 14.6. The lowest BCUT2D eigenvalue weighted by molar-refractivity contribution is -0.140. The number of likely N-dealkylation sites (tertiary alicyclic amines) is 1. The van der Waals surface area contributed by atoms with Gasteiger partial charge in [-0.15, -0.1) is 0 Å². The number of piperidine rings is 1. The van der Waals surface area contributed by atoms with Crippen molar-refractivity contribution in [2.24, 2.45) is 11.1 Å². The number of fused-ring (bicyclic) bond motifs is 1. The molecule has 3 amide bonds. The van der Waals surface area contributed by atoms with E-state index in [1.54, 1.807) is 21.7 Å². The zero-order valence-corrected chi connectivity index (χ0v) is 24.2. The second-order valence-corrected chi connectivity index (χ2v) is 11.6. The Bertz CT molecular complexity index is 1550. The summed E-state index contributed by atoms with van der Waals surface area (Å²) in [7, 11) is 0. The van der Waals surface area contributed by atoms with Crippen LogP contribution in [-0.4, -0.2) is 69.4 Å². The van der Waals surface area contributed by atoms with Crippen LogP contribution in [0.25, 0.3) is 16.6 Å². The maximum absolute atomic E-state index is 13.2. The third kappa shape index (κ3) is 6.87. The minimum Gasteiger partial charge on any atom is -0.480 e. The van der Waals surface area contributed by atoms with E-state index in [-0.39, 0.29) is 17.9 Å². The van der Waals surface area contributed by atoms with Gasteiger partial charge in [0.25, 0.3) is 5.91 Å². The highest BCUT2D eigenvalue weighted by Crippen LogP contribution is 2.34. The number of carboxylic acids is 1. The van der Waals surface area contributed by atoms with E-state index in [1.165, 1.54) is 0 Å². The van der Waals surface area contributed by atoms with E-state index in [1.807, 2.05) is 55.6 Å². The van der Waals surface area contributed by atoms with Crippen LogP contribution in [0.2, 0.25) is 0 Å². The summed E-state index contributed by atoms with van der Waals surface area (Å²) in [6.45, 7) is 2.56. The Morgan fingerprint density at radius 3 is 2.65 bits per heavy atom. The van der Waals surface area contributed by atoms with Crippen LogP contribution in [0.15, 0.2) is 60.8 Å². The molecule has 5 rings (SSSR count). The summed E-state index contributed by atoms with van der Waals surface area (Å²) in [5.74, 6) is -1.74. The number of amides is 3. The number of benzene rings is 2. The summed E-state index contributed by atoms with van der Waals surface area (Å²) >= 11 is 0. The fourth-order valence-electron chi connectivity index (χ4n) is 5.92. The minimum absolute atomic E-state index is 0.155. The molecule has 1 fully saturated rings. The minimum atomic E-state index is -1.09. The van der Waals surface area contributed by atoms with E-state index in [9.17, 15) is 19.2 Å². The molecule has 3 atom stereocenters. The normalized spacial score (nSPS) is 23.1. The van der Waals surface area contributed by atoms with E-state index in [0.29, 0.717) is 49.9 Å². The number of primary amides is 1. The van der Waals surface area contributed by atoms with Crippen LogP contribution in [0.3, 0.4) is 0 Å². The molecule has 0 unspecified atom stereocenters. The molecule has 3 aromatic rings. The highest BCUT2D eigenvalue weighted by Gasteiger charge is 2.35. The molecular weight excluding hydrogens is 550 g/mol. The van der Waals surface area contributed by atoms with Crippen LogP contribution < -0.4 is 11.1 Å². The van der Waals surface area contributed by atoms with Crippen molar-refractivity contribution in [3.8, 4) is 5.69 Å². The highest BCUT2D eigenvalue weighted by atomic mass is 16.6. The number of ether oxygens (including phenoxy) is 1. The molecule has 1 aliphatic heterocycles. The number of nitrogens with zero attached hydrogens (tertiary/aromatic N) is 3. The fourth-order valence-corrected chi connectivity index (χ4v) is 5.92. The van der Waals surface area contributed by atoms with Gasteiger partial charge in [-0.25, -0.2) is 9.48 Å². The van der Waals surface area contributed by atoms with Crippen LogP contribution in [0.5, 0.6) is 0 Å². The van der Waals surface area contributed by atoms with Crippen LogP contribution in [0, 0.1) is 5.41 Å². The third-order valence-corrected chi connectivity index (χ3v) is 8.51. The molecule has 11 nitrogen and oxygen atoms in total. The van der Waals surface area contributed by atoms with E-state index in [4.69, 9.17) is 15.6 Å². The Labute approximate surface area is 249 Å². The number of aromatic nitrogens is 2. The highest BCUT2D eigenvalue weighted by molar-refractivity contribution is 6.04. The molecule has 1 saturated heterocycles. The van der Waals surface area contributed by atoms with Crippen molar-refractivity contribution in [3.63, 3.8) is 0 Å². The lowest BCUT2D eigenvalue weighted by atomic mass is 9.78. The van der Waals surface area contributed by atoms with Gasteiger partial charge >= 0.3 is 12.1 Å². The molecule has 0 saturated carbocycles. The molecule has 1 aliphatic carbocycles. The average molecular weight is 588 g/mol. The first-order chi connectivity index (χ1) is 20.6. The summed E-state index contributed by atoms with van der Waals surface area (Å²) in [4.78, 5) is 50.3. The molecule has 1 aromatic heterocycles. The Hall–Kier alpha value is -4.67. The fraction of sp³-hybridized carbons (Fsp3) is 0.406. The monoisotopic (exact) mass is 587 g/mol. The van der Waals surface area contributed by atoms with Gasteiger partial charge in [0.1, 0.15) is 18.2 Å². The second-order valence-electron chi connectivity index (χ2n) is 11.6. The first kappa shape index (κ1) is 29.8. The molecule has 11 heteroatoms. The van der Waals surface area contributed by atoms with E-state index in [0.717, 1.165) is 29.5 Å². The summed E-state index contributed by atoms with van der Waals surface area (Å²) < 4.78 is 7.61. The Morgan fingerprint density at radius 2 is 1.91 bits per heavy atom. The van der Waals surface area contributed by atoms with Crippen molar-refractivity contribution < 1.29 is 29.0 Å². The number of nitrogens with one attached hydrogen (secondary N) is 1. The van der Waals surface area contributed by atoms with Crippen LogP contribution in [0.1, 0.15) is 67.3 Å². The van der Waals surface area contributed by atoms with Crippen molar-refractivity contribution >= 4 is 34.8 Å². The lowest BCUT2D eigenvalue weighted by Crippen LogP contribution is -2.43. The number of carbonyl (C=O) groups is 4. The van der Waals surface area contributed by atoms with Crippen molar-refractivity contribution in [2.45, 2.75) is 57.5 Å². The molecule has 2 heterocycles.